The lowest BCUT2D eigenvalue weighted by Crippen LogP contribution is -1.99. The Labute approximate surface area is 171 Å². The van der Waals surface area contributed by atoms with E-state index in [2.05, 4.69) is 0 Å². The van der Waals surface area contributed by atoms with Gasteiger partial charge in [-0.2, -0.15) is 0 Å². The molecule has 5 heteroatoms. The van der Waals surface area contributed by atoms with Gasteiger partial charge in [0.2, 0.25) is 5.78 Å². The lowest BCUT2D eigenvalue weighted by Gasteiger charge is -2.12. The second-order valence-electron chi connectivity index (χ2n) is 6.02. The summed E-state index contributed by atoms with van der Waals surface area (Å²) in [5, 5.41) is 0.908. The molecule has 134 valence electrons. The van der Waals surface area contributed by atoms with Crippen molar-refractivity contribution in [2.45, 2.75) is 11.5 Å². The standard InChI is InChI=1S/C22H14Cl2O2S/c23-16-10-15(11-20-21(25)17-8-4-5-9-19(17)27-20)22(18(24)12-16)26-13-14-6-2-1-3-7-14/h1-12H,13H2. The van der Waals surface area contributed by atoms with Gasteiger partial charge in [-0.3, -0.25) is 4.79 Å². The number of carbonyl (C=O) groups excluding carboxylic acids is 1. The van der Waals surface area contributed by atoms with Crippen LogP contribution in [0, 0.1) is 0 Å². The first kappa shape index (κ1) is 18.2. The van der Waals surface area contributed by atoms with Crippen LogP contribution in [0.5, 0.6) is 5.75 Å². The van der Waals surface area contributed by atoms with Gasteiger partial charge in [0, 0.05) is 21.0 Å². The molecule has 0 bridgehead atoms. The first-order valence-corrected chi connectivity index (χ1v) is 9.88. The van der Waals surface area contributed by atoms with Crippen LogP contribution in [0.4, 0.5) is 0 Å². The van der Waals surface area contributed by atoms with E-state index < -0.39 is 0 Å². The number of fused-ring (bicyclic) bond motifs is 1. The molecule has 2 nitrogen and oxygen atoms in total. The van der Waals surface area contributed by atoms with Crippen molar-refractivity contribution in [3.8, 4) is 5.75 Å². The molecule has 0 fully saturated rings. The highest BCUT2D eigenvalue weighted by Crippen LogP contribution is 2.42. The molecule has 0 radical (unpaired) electrons. The highest BCUT2D eigenvalue weighted by atomic mass is 35.5. The van der Waals surface area contributed by atoms with Gasteiger partial charge in [-0.25, -0.2) is 0 Å². The lowest BCUT2D eigenvalue weighted by molar-refractivity contribution is 0.104. The summed E-state index contributed by atoms with van der Waals surface area (Å²) in [6.45, 7) is 0.375. The Balaban J connectivity index is 1.68. The first-order chi connectivity index (χ1) is 13.1. The molecular weight excluding hydrogens is 399 g/mol. The van der Waals surface area contributed by atoms with E-state index >= 15 is 0 Å². The summed E-state index contributed by atoms with van der Waals surface area (Å²) in [7, 11) is 0. The highest BCUT2D eigenvalue weighted by molar-refractivity contribution is 8.04. The number of hydrogen-bond acceptors (Lipinski definition) is 3. The summed E-state index contributed by atoms with van der Waals surface area (Å²) in [5.41, 5.74) is 2.43. The van der Waals surface area contributed by atoms with Crippen molar-refractivity contribution >= 4 is 46.8 Å². The van der Waals surface area contributed by atoms with Crippen molar-refractivity contribution < 1.29 is 9.53 Å². The van der Waals surface area contributed by atoms with E-state index in [0.717, 1.165) is 10.5 Å². The Hall–Kier alpha value is -2.20. The number of hydrogen-bond donors (Lipinski definition) is 0. The molecule has 1 aliphatic heterocycles. The fourth-order valence-electron chi connectivity index (χ4n) is 2.85. The van der Waals surface area contributed by atoms with E-state index in [9.17, 15) is 4.79 Å². The summed E-state index contributed by atoms with van der Waals surface area (Å²) in [6, 6.07) is 20.8. The third kappa shape index (κ3) is 3.91. The van der Waals surface area contributed by atoms with Crippen LogP contribution in [0.2, 0.25) is 10.0 Å². The van der Waals surface area contributed by atoms with E-state index in [0.29, 0.717) is 38.4 Å². The molecule has 0 amide bonds. The van der Waals surface area contributed by atoms with Crippen LogP contribution in [0.25, 0.3) is 6.08 Å². The third-order valence-electron chi connectivity index (χ3n) is 4.13. The predicted molar refractivity (Wildman–Crippen MR) is 112 cm³/mol. The van der Waals surface area contributed by atoms with Gasteiger partial charge in [0.1, 0.15) is 12.4 Å². The van der Waals surface area contributed by atoms with Crippen molar-refractivity contribution in [1.29, 1.82) is 0 Å². The van der Waals surface area contributed by atoms with E-state index in [-0.39, 0.29) is 5.78 Å². The highest BCUT2D eigenvalue weighted by Gasteiger charge is 2.26. The maximum atomic E-state index is 12.7. The number of halogens is 2. The maximum Gasteiger partial charge on any atom is 0.200 e. The molecule has 0 aliphatic carbocycles. The number of thioether (sulfide) groups is 1. The minimum atomic E-state index is 0.000655. The van der Waals surface area contributed by atoms with Crippen molar-refractivity contribution in [3.05, 3.63) is 98.4 Å². The lowest BCUT2D eigenvalue weighted by atomic mass is 10.1. The molecule has 0 saturated heterocycles. The van der Waals surface area contributed by atoms with Crippen molar-refractivity contribution in [2.75, 3.05) is 0 Å². The fraction of sp³-hybridized carbons (Fsp3) is 0.0455. The number of Topliss-reactive ketones (excluding diaryl/α,β-unsaturated/α-hetero) is 1. The smallest absolute Gasteiger partial charge is 0.200 e. The number of ether oxygens (including phenoxy) is 1. The largest absolute Gasteiger partial charge is 0.487 e. The summed E-state index contributed by atoms with van der Waals surface area (Å²) in [5.74, 6) is 0.516. The van der Waals surface area contributed by atoms with Gasteiger partial charge < -0.3 is 4.74 Å². The molecule has 3 aromatic rings. The Kier molecular flexibility index (Phi) is 5.26. The summed E-state index contributed by atoms with van der Waals surface area (Å²) in [6.07, 6.45) is 1.80. The van der Waals surface area contributed by atoms with Crippen LogP contribution in [0.3, 0.4) is 0 Å². The van der Waals surface area contributed by atoms with Crippen LogP contribution >= 0.6 is 35.0 Å². The van der Waals surface area contributed by atoms with Crippen molar-refractivity contribution in [3.63, 3.8) is 0 Å². The third-order valence-corrected chi connectivity index (χ3v) is 5.72. The summed E-state index contributed by atoms with van der Waals surface area (Å²) in [4.78, 5) is 14.2. The summed E-state index contributed by atoms with van der Waals surface area (Å²) >= 11 is 14.0. The van der Waals surface area contributed by atoms with E-state index in [1.807, 2.05) is 54.6 Å². The summed E-state index contributed by atoms with van der Waals surface area (Å²) < 4.78 is 5.98. The van der Waals surface area contributed by atoms with Crippen LogP contribution in [-0.2, 0) is 6.61 Å². The normalized spacial score (nSPS) is 14.4. The molecule has 0 aromatic heterocycles. The number of benzene rings is 3. The van der Waals surface area contributed by atoms with Gasteiger partial charge in [-0.15, -0.1) is 0 Å². The van der Waals surface area contributed by atoms with Gasteiger partial charge in [0.25, 0.3) is 0 Å². The monoisotopic (exact) mass is 412 g/mol. The Morgan fingerprint density at radius 1 is 0.963 bits per heavy atom. The van der Waals surface area contributed by atoms with E-state index in [1.54, 1.807) is 18.2 Å². The molecular formula is C22H14Cl2O2S. The molecule has 1 aliphatic rings. The number of rotatable bonds is 4. The SMILES string of the molecule is O=C1C(=Cc2cc(Cl)cc(Cl)c2OCc2ccccc2)Sc2ccccc21. The van der Waals surface area contributed by atoms with Crippen LogP contribution < -0.4 is 4.74 Å². The molecule has 0 atom stereocenters. The molecule has 0 N–H and O–H groups in total. The number of allylic oxidation sites excluding steroid dienone is 1. The second kappa shape index (κ2) is 7.81. The zero-order chi connectivity index (χ0) is 18.8. The molecule has 27 heavy (non-hydrogen) atoms. The quantitative estimate of drug-likeness (QED) is 0.435. The maximum absolute atomic E-state index is 12.7. The molecule has 3 aromatic carbocycles. The van der Waals surface area contributed by atoms with Crippen LogP contribution in [0.1, 0.15) is 21.5 Å². The van der Waals surface area contributed by atoms with Gasteiger partial charge in [-0.1, -0.05) is 77.4 Å². The average Bonchev–Trinajstić information content (AvgIpc) is 2.98. The molecule has 0 saturated carbocycles. The zero-order valence-corrected chi connectivity index (χ0v) is 16.4. The molecule has 1 heterocycles. The van der Waals surface area contributed by atoms with Gasteiger partial charge in [0.15, 0.2) is 0 Å². The van der Waals surface area contributed by atoms with Crippen molar-refractivity contribution in [2.24, 2.45) is 0 Å². The van der Waals surface area contributed by atoms with Crippen LogP contribution in [0.15, 0.2) is 76.5 Å². The van der Waals surface area contributed by atoms with Gasteiger partial charge in [-0.05, 0) is 35.9 Å². The first-order valence-electron chi connectivity index (χ1n) is 8.31. The van der Waals surface area contributed by atoms with Gasteiger partial charge in [0.05, 0.1) is 9.93 Å². The number of carbonyl (C=O) groups is 1. The average molecular weight is 413 g/mol. The topological polar surface area (TPSA) is 26.3 Å². The van der Waals surface area contributed by atoms with Crippen LogP contribution in [-0.4, -0.2) is 5.78 Å². The molecule has 0 spiro atoms. The Morgan fingerprint density at radius 3 is 2.48 bits per heavy atom. The Morgan fingerprint density at radius 2 is 1.70 bits per heavy atom. The number of ketones is 1. The zero-order valence-electron chi connectivity index (χ0n) is 14.1. The Bertz CT molecular complexity index is 1050. The van der Waals surface area contributed by atoms with Crippen molar-refractivity contribution in [1.82, 2.24) is 0 Å². The minimum absolute atomic E-state index is 0.000655. The molecule has 4 rings (SSSR count). The van der Waals surface area contributed by atoms with E-state index in [1.165, 1.54) is 11.8 Å². The minimum Gasteiger partial charge on any atom is -0.487 e. The van der Waals surface area contributed by atoms with E-state index in [4.69, 9.17) is 27.9 Å². The molecule has 0 unspecified atom stereocenters. The second-order valence-corrected chi connectivity index (χ2v) is 7.94. The predicted octanol–water partition coefficient (Wildman–Crippen LogP) is 6.90. The van der Waals surface area contributed by atoms with Gasteiger partial charge >= 0.3 is 0 Å². The fourth-order valence-corrected chi connectivity index (χ4v) is 4.45.